The molecule has 0 amide bonds. The van der Waals surface area contributed by atoms with Crippen molar-refractivity contribution in [3.63, 3.8) is 0 Å². The quantitative estimate of drug-likeness (QED) is 0.443. The maximum Gasteiger partial charge on any atom is 0.191 e. The summed E-state index contributed by atoms with van der Waals surface area (Å²) in [5.74, 6) is 1.90. The Morgan fingerprint density at radius 1 is 1.16 bits per heavy atom. The van der Waals surface area contributed by atoms with Gasteiger partial charge in [0, 0.05) is 19.6 Å². The summed E-state index contributed by atoms with van der Waals surface area (Å²) in [4.78, 5) is 4.25. The molecule has 0 unspecified atom stereocenters. The first-order valence-corrected chi connectivity index (χ1v) is 11.0. The molecule has 1 aromatic carbocycles. The van der Waals surface area contributed by atoms with Crippen LogP contribution in [0.15, 0.2) is 35.3 Å². The molecule has 1 fully saturated rings. The molecule has 1 aliphatic rings. The first-order chi connectivity index (χ1) is 12.0. The largest absolute Gasteiger partial charge is 0.356 e. The highest BCUT2D eigenvalue weighted by atomic mass is 32.2. The number of rotatable bonds is 7. The van der Waals surface area contributed by atoms with Crippen molar-refractivity contribution < 1.29 is 8.42 Å². The van der Waals surface area contributed by atoms with E-state index in [9.17, 15) is 8.42 Å². The molecule has 2 N–H and O–H groups in total. The third kappa shape index (κ3) is 7.46. The van der Waals surface area contributed by atoms with E-state index < -0.39 is 9.84 Å². The molecule has 25 heavy (non-hydrogen) atoms. The lowest BCUT2D eigenvalue weighted by molar-refractivity contribution is 0.329. The van der Waals surface area contributed by atoms with Crippen LogP contribution in [0.5, 0.6) is 0 Å². The smallest absolute Gasteiger partial charge is 0.191 e. The molecule has 0 atom stereocenters. The highest BCUT2D eigenvalue weighted by Gasteiger charge is 2.19. The number of aliphatic imine (C=N–C) groups is 1. The summed E-state index contributed by atoms with van der Waals surface area (Å²) in [6.07, 6.45) is 5.44. The second-order valence-corrected chi connectivity index (χ2v) is 9.22. The molecule has 5 nitrogen and oxygen atoms in total. The fourth-order valence-corrected chi connectivity index (χ4v) is 4.62. The zero-order valence-corrected chi connectivity index (χ0v) is 16.2. The Morgan fingerprint density at radius 3 is 2.48 bits per heavy atom. The molecule has 1 aromatic rings. The second-order valence-electron chi connectivity index (χ2n) is 7.03. The van der Waals surface area contributed by atoms with Gasteiger partial charge in [0.25, 0.3) is 0 Å². The molecule has 0 bridgehead atoms. The van der Waals surface area contributed by atoms with E-state index in [0.717, 1.165) is 17.4 Å². The van der Waals surface area contributed by atoms with Crippen LogP contribution in [0.1, 0.15) is 44.6 Å². The number of sulfone groups is 1. The van der Waals surface area contributed by atoms with E-state index in [1.807, 2.05) is 30.3 Å². The second kappa shape index (κ2) is 9.80. The Bertz CT molecular complexity index is 636. The zero-order valence-electron chi connectivity index (χ0n) is 15.4. The van der Waals surface area contributed by atoms with E-state index in [1.165, 1.54) is 25.7 Å². The Labute approximate surface area is 152 Å². The van der Waals surface area contributed by atoms with Crippen LogP contribution in [0.2, 0.25) is 0 Å². The molecule has 1 aliphatic carbocycles. The maximum absolute atomic E-state index is 12.2. The summed E-state index contributed by atoms with van der Waals surface area (Å²) in [5, 5.41) is 6.69. The van der Waals surface area contributed by atoms with Gasteiger partial charge in [-0.3, -0.25) is 4.99 Å². The summed E-state index contributed by atoms with van der Waals surface area (Å²) in [5.41, 5.74) is 0.847. The summed E-state index contributed by atoms with van der Waals surface area (Å²) in [7, 11) is -1.32. The fraction of sp³-hybridized carbons (Fsp3) is 0.632. The third-order valence-corrected chi connectivity index (χ3v) is 6.42. The average Bonchev–Trinajstić information content (AvgIpc) is 2.60. The van der Waals surface area contributed by atoms with Crippen LogP contribution in [0.3, 0.4) is 0 Å². The molecule has 0 aliphatic heterocycles. The van der Waals surface area contributed by atoms with Crippen molar-refractivity contribution in [3.8, 4) is 0 Å². The third-order valence-electron chi connectivity index (χ3n) is 4.73. The lowest BCUT2D eigenvalue weighted by Crippen LogP contribution is -2.45. The maximum atomic E-state index is 12.2. The van der Waals surface area contributed by atoms with Crippen molar-refractivity contribution in [1.82, 2.24) is 10.6 Å². The molecule has 0 aromatic heterocycles. The summed E-state index contributed by atoms with van der Waals surface area (Å²) < 4.78 is 24.4. The van der Waals surface area contributed by atoms with Gasteiger partial charge in [0.05, 0.1) is 11.5 Å². The summed E-state index contributed by atoms with van der Waals surface area (Å²) in [6, 6.07) is 9.82. The van der Waals surface area contributed by atoms with Crippen molar-refractivity contribution in [3.05, 3.63) is 35.9 Å². The number of nitrogens with one attached hydrogen (secondary N) is 2. The highest BCUT2D eigenvalue weighted by molar-refractivity contribution is 7.90. The lowest BCUT2D eigenvalue weighted by atomic mass is 9.87. The van der Waals surface area contributed by atoms with Crippen LogP contribution in [0.25, 0.3) is 0 Å². The van der Waals surface area contributed by atoms with Gasteiger partial charge in [-0.2, -0.15) is 0 Å². The van der Waals surface area contributed by atoms with E-state index in [1.54, 1.807) is 7.05 Å². The van der Waals surface area contributed by atoms with Gasteiger partial charge in [-0.05, 0) is 43.6 Å². The highest BCUT2D eigenvalue weighted by Crippen LogP contribution is 2.23. The molecule has 0 radical (unpaired) electrons. The van der Waals surface area contributed by atoms with Crippen molar-refractivity contribution in [1.29, 1.82) is 0 Å². The van der Waals surface area contributed by atoms with Crippen LogP contribution in [-0.2, 0) is 15.6 Å². The molecule has 0 spiro atoms. The van der Waals surface area contributed by atoms with Crippen LogP contribution < -0.4 is 10.6 Å². The van der Waals surface area contributed by atoms with Gasteiger partial charge in [-0.15, -0.1) is 0 Å². The SMILES string of the molecule is CN=C(NCCCS(=O)(=O)Cc1ccccc1)NC1CCC(C)CC1. The Morgan fingerprint density at radius 2 is 1.84 bits per heavy atom. The first-order valence-electron chi connectivity index (χ1n) is 9.20. The Kier molecular flexibility index (Phi) is 7.75. The molecule has 0 saturated heterocycles. The minimum absolute atomic E-state index is 0.112. The normalized spacial score (nSPS) is 21.8. The van der Waals surface area contributed by atoms with Gasteiger partial charge < -0.3 is 10.6 Å². The summed E-state index contributed by atoms with van der Waals surface area (Å²) >= 11 is 0. The number of hydrogen-bond acceptors (Lipinski definition) is 3. The minimum Gasteiger partial charge on any atom is -0.356 e. The summed E-state index contributed by atoms with van der Waals surface area (Å²) in [6.45, 7) is 2.91. The molecular weight excluding hydrogens is 334 g/mol. The molecule has 6 heteroatoms. The van der Waals surface area contributed by atoms with Crippen LogP contribution in [0.4, 0.5) is 0 Å². The average molecular weight is 366 g/mol. The van der Waals surface area contributed by atoms with Crippen molar-refractivity contribution >= 4 is 15.8 Å². The van der Waals surface area contributed by atoms with E-state index in [-0.39, 0.29) is 11.5 Å². The number of nitrogens with zero attached hydrogens (tertiary/aromatic N) is 1. The number of guanidine groups is 1. The number of benzene rings is 1. The van der Waals surface area contributed by atoms with E-state index >= 15 is 0 Å². The van der Waals surface area contributed by atoms with Gasteiger partial charge in [-0.25, -0.2) is 8.42 Å². The van der Waals surface area contributed by atoms with Gasteiger partial charge in [0.15, 0.2) is 15.8 Å². The predicted octanol–water partition coefficient (Wildman–Crippen LogP) is 2.74. The topological polar surface area (TPSA) is 70.6 Å². The molecule has 2 rings (SSSR count). The van der Waals surface area contributed by atoms with E-state index in [4.69, 9.17) is 0 Å². The minimum atomic E-state index is -3.07. The van der Waals surface area contributed by atoms with Gasteiger partial charge in [0.1, 0.15) is 0 Å². The fourth-order valence-electron chi connectivity index (χ4n) is 3.19. The van der Waals surface area contributed by atoms with Crippen LogP contribution in [0, 0.1) is 5.92 Å². The van der Waals surface area contributed by atoms with Crippen LogP contribution in [-0.4, -0.2) is 39.8 Å². The van der Waals surface area contributed by atoms with E-state index in [0.29, 0.717) is 19.0 Å². The molecule has 1 saturated carbocycles. The standard InChI is InChI=1S/C19H31N3O2S/c1-16-9-11-18(12-10-16)22-19(20-2)21-13-6-14-25(23,24)15-17-7-4-3-5-8-17/h3-5,7-8,16,18H,6,9-15H2,1-2H3,(H2,20,21,22). The van der Waals surface area contributed by atoms with Gasteiger partial charge in [0.2, 0.25) is 0 Å². The Balaban J connectivity index is 1.68. The monoisotopic (exact) mass is 365 g/mol. The molecule has 0 heterocycles. The molecule has 140 valence electrons. The van der Waals surface area contributed by atoms with E-state index in [2.05, 4.69) is 22.5 Å². The number of hydrogen-bond donors (Lipinski definition) is 2. The van der Waals surface area contributed by atoms with Crippen LogP contribution >= 0.6 is 0 Å². The predicted molar refractivity (Wildman–Crippen MR) is 104 cm³/mol. The van der Waals surface area contributed by atoms with Crippen molar-refractivity contribution in [2.24, 2.45) is 10.9 Å². The van der Waals surface area contributed by atoms with Crippen molar-refractivity contribution in [2.45, 2.75) is 50.8 Å². The lowest BCUT2D eigenvalue weighted by Gasteiger charge is -2.28. The Hall–Kier alpha value is -1.56. The zero-order chi connectivity index (χ0) is 18.1. The van der Waals surface area contributed by atoms with Crippen molar-refractivity contribution in [2.75, 3.05) is 19.3 Å². The van der Waals surface area contributed by atoms with Gasteiger partial charge >= 0.3 is 0 Å². The first kappa shape index (κ1) is 19.8. The molecular formula is C19H31N3O2S. The van der Waals surface area contributed by atoms with Gasteiger partial charge in [-0.1, -0.05) is 37.3 Å².